The quantitative estimate of drug-likeness (QED) is 0.515. The smallest absolute Gasteiger partial charge is 0.341 e. The molecule has 0 amide bonds. The molecule has 2 heterocycles. The van der Waals surface area contributed by atoms with Gasteiger partial charge in [0.25, 0.3) is 0 Å². The average Bonchev–Trinajstić information content (AvgIpc) is 3.31. The fourth-order valence-electron chi connectivity index (χ4n) is 4.80. The van der Waals surface area contributed by atoms with E-state index in [-0.39, 0.29) is 24.2 Å². The minimum absolute atomic E-state index is 0.129. The molecule has 166 valence electrons. The zero-order valence-corrected chi connectivity index (χ0v) is 18.4. The Morgan fingerprint density at radius 2 is 2.10 bits per heavy atom. The lowest BCUT2D eigenvalue weighted by Gasteiger charge is -2.30. The standard InChI is InChI=1S/C25H36O5/c1-4-5-13-25(2,3)23(26)12-9-19-20(22-11-10-21(19)30-22)15-17-7-6-8-18(14-17)29-16-24(27)28/h6-9,12,14,19-23,26H,4-5,10-11,13,15-16H2,1-3H3,(H,27,28)/b12-9+/t19-,20+,21-,22+,23?/m1/s1. The van der Waals surface area contributed by atoms with Crippen molar-refractivity contribution in [1.29, 1.82) is 0 Å². The van der Waals surface area contributed by atoms with Gasteiger partial charge in [0, 0.05) is 5.92 Å². The van der Waals surface area contributed by atoms with Gasteiger partial charge in [-0.25, -0.2) is 4.79 Å². The second-order valence-electron chi connectivity index (χ2n) is 9.49. The Labute approximate surface area is 180 Å². The first kappa shape index (κ1) is 22.8. The van der Waals surface area contributed by atoms with Gasteiger partial charge in [0.15, 0.2) is 6.61 Å². The Balaban J connectivity index is 1.67. The topological polar surface area (TPSA) is 76.0 Å². The molecule has 30 heavy (non-hydrogen) atoms. The molecule has 2 saturated heterocycles. The first-order valence-corrected chi connectivity index (χ1v) is 11.3. The number of unbranched alkanes of at least 4 members (excludes halogenated alkanes) is 1. The van der Waals surface area contributed by atoms with E-state index in [1.54, 1.807) is 6.07 Å². The summed E-state index contributed by atoms with van der Waals surface area (Å²) in [6.45, 7) is 6.11. The third kappa shape index (κ3) is 5.64. The molecule has 5 nitrogen and oxygen atoms in total. The van der Waals surface area contributed by atoms with Gasteiger partial charge in [-0.2, -0.15) is 0 Å². The summed E-state index contributed by atoms with van der Waals surface area (Å²) < 4.78 is 11.6. The normalized spacial score (nSPS) is 26.9. The number of ether oxygens (including phenoxy) is 2. The highest BCUT2D eigenvalue weighted by Crippen LogP contribution is 2.46. The first-order valence-electron chi connectivity index (χ1n) is 11.3. The largest absolute Gasteiger partial charge is 0.482 e. The van der Waals surface area contributed by atoms with Crippen molar-refractivity contribution in [1.82, 2.24) is 0 Å². The van der Waals surface area contributed by atoms with Crippen LogP contribution in [0.5, 0.6) is 5.75 Å². The lowest BCUT2D eigenvalue weighted by atomic mass is 9.75. The molecule has 0 aliphatic carbocycles. The molecule has 5 heteroatoms. The predicted molar refractivity (Wildman–Crippen MR) is 117 cm³/mol. The van der Waals surface area contributed by atoms with Gasteiger partial charge in [0.1, 0.15) is 5.75 Å². The lowest BCUT2D eigenvalue weighted by molar-refractivity contribution is -0.139. The molecule has 2 aliphatic rings. The van der Waals surface area contributed by atoms with Gasteiger partial charge in [0.2, 0.25) is 0 Å². The molecule has 1 aromatic rings. The Morgan fingerprint density at radius 1 is 1.33 bits per heavy atom. The Bertz CT molecular complexity index is 741. The van der Waals surface area contributed by atoms with Crippen molar-refractivity contribution >= 4 is 5.97 Å². The van der Waals surface area contributed by atoms with Crippen LogP contribution in [-0.4, -0.2) is 41.1 Å². The highest BCUT2D eigenvalue weighted by Gasteiger charge is 2.47. The van der Waals surface area contributed by atoms with Crippen LogP contribution in [0.2, 0.25) is 0 Å². The summed E-state index contributed by atoms with van der Waals surface area (Å²) >= 11 is 0. The highest BCUT2D eigenvalue weighted by molar-refractivity contribution is 5.68. The zero-order chi connectivity index (χ0) is 21.7. The molecule has 1 aromatic carbocycles. The second kappa shape index (κ2) is 9.97. The summed E-state index contributed by atoms with van der Waals surface area (Å²) in [5.41, 5.74) is 0.997. The maximum Gasteiger partial charge on any atom is 0.341 e. The number of carboxylic acid groups (broad SMARTS) is 1. The minimum atomic E-state index is -0.979. The van der Waals surface area contributed by atoms with Crippen molar-refractivity contribution < 1.29 is 24.5 Å². The van der Waals surface area contributed by atoms with Crippen LogP contribution in [0.3, 0.4) is 0 Å². The molecule has 2 aliphatic heterocycles. The molecule has 0 saturated carbocycles. The number of hydrogen-bond donors (Lipinski definition) is 2. The maximum absolute atomic E-state index is 10.8. The fraction of sp³-hybridized carbons (Fsp3) is 0.640. The number of benzene rings is 1. The lowest BCUT2D eigenvalue weighted by Crippen LogP contribution is -2.30. The van der Waals surface area contributed by atoms with E-state index in [1.165, 1.54) is 0 Å². The molecule has 0 radical (unpaired) electrons. The average molecular weight is 417 g/mol. The van der Waals surface area contributed by atoms with Crippen LogP contribution in [0, 0.1) is 17.3 Å². The van der Waals surface area contributed by atoms with Crippen molar-refractivity contribution in [2.45, 2.75) is 77.6 Å². The van der Waals surface area contributed by atoms with E-state index in [2.05, 4.69) is 32.9 Å². The summed E-state index contributed by atoms with van der Waals surface area (Å²) in [4.78, 5) is 10.8. The van der Waals surface area contributed by atoms with Crippen molar-refractivity contribution in [2.75, 3.05) is 6.61 Å². The molecule has 0 spiro atoms. The van der Waals surface area contributed by atoms with Crippen LogP contribution in [0.25, 0.3) is 0 Å². The van der Waals surface area contributed by atoms with Gasteiger partial charge in [0.05, 0.1) is 18.3 Å². The van der Waals surface area contributed by atoms with Gasteiger partial charge in [-0.05, 0) is 54.7 Å². The summed E-state index contributed by atoms with van der Waals surface area (Å²) in [5, 5.41) is 19.6. The van der Waals surface area contributed by atoms with Crippen LogP contribution in [0.15, 0.2) is 36.4 Å². The summed E-state index contributed by atoms with van der Waals surface area (Å²) in [6, 6.07) is 7.68. The second-order valence-corrected chi connectivity index (χ2v) is 9.49. The minimum Gasteiger partial charge on any atom is -0.482 e. The number of aliphatic hydroxyl groups is 1. The van der Waals surface area contributed by atoms with E-state index in [4.69, 9.17) is 14.6 Å². The Morgan fingerprint density at radius 3 is 2.83 bits per heavy atom. The van der Waals surface area contributed by atoms with Gasteiger partial charge in [-0.1, -0.05) is 57.9 Å². The van der Waals surface area contributed by atoms with Gasteiger partial charge in [-0.15, -0.1) is 0 Å². The highest BCUT2D eigenvalue weighted by atomic mass is 16.5. The molecule has 5 atom stereocenters. The van der Waals surface area contributed by atoms with Crippen LogP contribution < -0.4 is 4.74 Å². The number of hydrogen-bond acceptors (Lipinski definition) is 4. The van der Waals surface area contributed by atoms with Crippen LogP contribution in [0.1, 0.15) is 58.4 Å². The molecule has 0 aromatic heterocycles. The molecule has 2 fully saturated rings. The predicted octanol–water partition coefficient (Wildman–Crippen LogP) is 4.62. The molecule has 2 bridgehead atoms. The summed E-state index contributed by atoms with van der Waals surface area (Å²) in [6.07, 6.45) is 10.5. The molecular weight excluding hydrogens is 380 g/mol. The van der Waals surface area contributed by atoms with Crippen molar-refractivity contribution in [3.8, 4) is 5.75 Å². The third-order valence-electron chi connectivity index (χ3n) is 6.71. The molecular formula is C25H36O5. The molecule has 3 rings (SSSR count). The molecule has 2 N–H and O–H groups in total. The van der Waals surface area contributed by atoms with Crippen LogP contribution in [0.4, 0.5) is 0 Å². The van der Waals surface area contributed by atoms with Crippen molar-refractivity contribution in [3.63, 3.8) is 0 Å². The summed E-state index contributed by atoms with van der Waals surface area (Å²) in [5.74, 6) is 0.260. The summed E-state index contributed by atoms with van der Waals surface area (Å²) in [7, 11) is 0. The van der Waals surface area contributed by atoms with E-state index in [1.807, 2.05) is 18.2 Å². The van der Waals surface area contributed by atoms with E-state index in [0.717, 1.165) is 44.1 Å². The van der Waals surface area contributed by atoms with E-state index >= 15 is 0 Å². The Kier molecular flexibility index (Phi) is 7.59. The van der Waals surface area contributed by atoms with Crippen molar-refractivity contribution in [2.24, 2.45) is 17.3 Å². The van der Waals surface area contributed by atoms with Crippen LogP contribution in [-0.2, 0) is 16.0 Å². The number of aliphatic hydroxyl groups excluding tert-OH is 1. The van der Waals surface area contributed by atoms with Crippen LogP contribution >= 0.6 is 0 Å². The maximum atomic E-state index is 10.8. The number of aliphatic carboxylic acids is 1. The monoisotopic (exact) mass is 416 g/mol. The van der Waals surface area contributed by atoms with Gasteiger partial charge in [-0.3, -0.25) is 0 Å². The first-order chi connectivity index (χ1) is 14.3. The van der Waals surface area contributed by atoms with E-state index in [0.29, 0.717) is 17.6 Å². The Hall–Kier alpha value is -1.85. The van der Waals surface area contributed by atoms with Crippen molar-refractivity contribution in [3.05, 3.63) is 42.0 Å². The number of carboxylic acids is 1. The number of rotatable bonds is 11. The van der Waals surface area contributed by atoms with Gasteiger partial charge < -0.3 is 19.7 Å². The number of carbonyl (C=O) groups is 1. The van der Waals surface area contributed by atoms with Gasteiger partial charge >= 0.3 is 5.97 Å². The number of fused-ring (bicyclic) bond motifs is 2. The van der Waals surface area contributed by atoms with E-state index < -0.39 is 12.1 Å². The zero-order valence-electron chi connectivity index (χ0n) is 18.4. The van der Waals surface area contributed by atoms with E-state index in [9.17, 15) is 9.90 Å². The SMILES string of the molecule is CCCCC(C)(C)C(O)/C=C/[C@@H]1[C@H](Cc2cccc(OCC(=O)O)c2)[C@@H]2CC[C@H]1O2. The fourth-order valence-corrected chi connectivity index (χ4v) is 4.80. The third-order valence-corrected chi connectivity index (χ3v) is 6.71. The molecule has 1 unspecified atom stereocenters.